The summed E-state index contributed by atoms with van der Waals surface area (Å²) in [5.74, 6) is 0.786. The van der Waals surface area contributed by atoms with Crippen LogP contribution in [0.4, 0.5) is 0 Å². The molecule has 7 heteroatoms. The quantitative estimate of drug-likeness (QED) is 0.203. The lowest BCUT2D eigenvalue weighted by Gasteiger charge is -2.16. The van der Waals surface area contributed by atoms with Gasteiger partial charge in [-0.1, -0.05) is 42.5 Å². The third kappa shape index (κ3) is 5.40. The number of amides is 1. The van der Waals surface area contributed by atoms with Crippen molar-refractivity contribution in [2.75, 3.05) is 7.11 Å². The van der Waals surface area contributed by atoms with Gasteiger partial charge in [0.25, 0.3) is 0 Å². The van der Waals surface area contributed by atoms with Crippen molar-refractivity contribution >= 4 is 23.1 Å². The predicted octanol–water partition coefficient (Wildman–Crippen LogP) is 5.38. The van der Waals surface area contributed by atoms with Crippen molar-refractivity contribution in [3.8, 4) is 17.6 Å². The Labute approximate surface area is 202 Å². The van der Waals surface area contributed by atoms with Crippen molar-refractivity contribution in [3.63, 3.8) is 0 Å². The van der Waals surface area contributed by atoms with E-state index in [1.807, 2.05) is 42.5 Å². The standard InChI is InChI=1S/C28H23N3O4/c1-3-8-21-13-19(17-30-31-28(32)26-15-20-9-6-7-12-24(20)35-26)14-25(33-2)27(21)34-18-23-11-5-4-10-22(23)16-29/h3-7,9-15,17H,1,8,18H2,2H3,(H,31,32)/b30-17+. The highest BCUT2D eigenvalue weighted by Crippen LogP contribution is 2.34. The van der Waals surface area contributed by atoms with Crippen LogP contribution in [0.1, 0.15) is 32.8 Å². The van der Waals surface area contributed by atoms with Crippen LogP contribution < -0.4 is 14.9 Å². The van der Waals surface area contributed by atoms with Crippen LogP contribution in [0.5, 0.6) is 11.5 Å². The zero-order chi connectivity index (χ0) is 24.6. The molecule has 0 aliphatic heterocycles. The predicted molar refractivity (Wildman–Crippen MR) is 134 cm³/mol. The number of hydrogen-bond acceptors (Lipinski definition) is 6. The molecular weight excluding hydrogens is 442 g/mol. The molecule has 1 heterocycles. The van der Waals surface area contributed by atoms with Gasteiger partial charge in [0, 0.05) is 16.5 Å². The first kappa shape index (κ1) is 23.3. The molecule has 35 heavy (non-hydrogen) atoms. The van der Waals surface area contributed by atoms with Crippen molar-refractivity contribution < 1.29 is 18.7 Å². The van der Waals surface area contributed by atoms with Gasteiger partial charge >= 0.3 is 5.91 Å². The molecule has 1 N–H and O–H groups in total. The first-order valence-corrected chi connectivity index (χ1v) is 10.9. The van der Waals surface area contributed by atoms with E-state index < -0.39 is 5.91 Å². The fourth-order valence-corrected chi connectivity index (χ4v) is 3.60. The molecule has 174 valence electrons. The van der Waals surface area contributed by atoms with Gasteiger partial charge in [-0.2, -0.15) is 10.4 Å². The van der Waals surface area contributed by atoms with E-state index in [-0.39, 0.29) is 12.4 Å². The molecule has 7 nitrogen and oxygen atoms in total. The maximum atomic E-state index is 12.4. The van der Waals surface area contributed by atoms with E-state index in [1.54, 1.807) is 37.5 Å². The van der Waals surface area contributed by atoms with Gasteiger partial charge in [0.05, 0.1) is 25.0 Å². The highest BCUT2D eigenvalue weighted by molar-refractivity contribution is 5.96. The van der Waals surface area contributed by atoms with Gasteiger partial charge in [0.2, 0.25) is 0 Å². The zero-order valence-corrected chi connectivity index (χ0v) is 19.2. The molecule has 4 rings (SSSR count). The van der Waals surface area contributed by atoms with E-state index in [2.05, 4.69) is 23.2 Å². The number of para-hydroxylation sites is 1. The van der Waals surface area contributed by atoms with Crippen molar-refractivity contribution in [1.29, 1.82) is 5.26 Å². The Hall–Kier alpha value is -4.83. The molecule has 0 aliphatic carbocycles. The summed E-state index contributed by atoms with van der Waals surface area (Å²) in [6.07, 6.45) is 3.80. The van der Waals surface area contributed by atoms with Crippen LogP contribution in [0.3, 0.4) is 0 Å². The van der Waals surface area contributed by atoms with Crippen molar-refractivity contribution in [1.82, 2.24) is 5.43 Å². The van der Waals surface area contributed by atoms with Crippen molar-refractivity contribution in [2.24, 2.45) is 5.10 Å². The number of nitrogens with one attached hydrogen (secondary N) is 1. The molecule has 3 aromatic carbocycles. The summed E-state index contributed by atoms with van der Waals surface area (Å²) in [5, 5.41) is 14.2. The van der Waals surface area contributed by atoms with Crippen molar-refractivity contribution in [3.05, 3.63) is 107 Å². The highest BCUT2D eigenvalue weighted by atomic mass is 16.5. The number of furan rings is 1. The van der Waals surface area contributed by atoms with Gasteiger partial charge in [-0.15, -0.1) is 6.58 Å². The number of methoxy groups -OCH3 is 1. The van der Waals surface area contributed by atoms with Gasteiger partial charge < -0.3 is 13.9 Å². The van der Waals surface area contributed by atoms with E-state index in [0.29, 0.717) is 34.6 Å². The number of allylic oxidation sites excluding steroid dienone is 1. The number of nitrogens with zero attached hydrogens (tertiary/aromatic N) is 2. The fraction of sp³-hybridized carbons (Fsp3) is 0.107. The average Bonchev–Trinajstić information content (AvgIpc) is 3.32. The monoisotopic (exact) mass is 465 g/mol. The molecule has 0 saturated heterocycles. The Balaban J connectivity index is 1.52. The minimum Gasteiger partial charge on any atom is -0.493 e. The summed E-state index contributed by atoms with van der Waals surface area (Å²) in [5.41, 5.74) is 5.99. The summed E-state index contributed by atoms with van der Waals surface area (Å²) < 4.78 is 17.2. The largest absolute Gasteiger partial charge is 0.493 e. The molecule has 0 aliphatic rings. The number of carbonyl (C=O) groups excluding carboxylic acids is 1. The second kappa shape index (κ2) is 10.9. The minimum absolute atomic E-state index is 0.176. The normalized spacial score (nSPS) is 10.7. The molecule has 0 atom stereocenters. The summed E-state index contributed by atoms with van der Waals surface area (Å²) in [4.78, 5) is 12.4. The summed E-state index contributed by atoms with van der Waals surface area (Å²) in [6.45, 7) is 4.04. The zero-order valence-electron chi connectivity index (χ0n) is 19.2. The van der Waals surface area contributed by atoms with Crippen LogP contribution in [-0.2, 0) is 13.0 Å². The lowest BCUT2D eigenvalue weighted by atomic mass is 10.1. The van der Waals surface area contributed by atoms with Crippen LogP contribution in [0.2, 0.25) is 0 Å². The molecule has 0 fully saturated rings. The molecule has 0 saturated carbocycles. The van der Waals surface area contributed by atoms with Gasteiger partial charge in [0.1, 0.15) is 12.2 Å². The Kier molecular flexibility index (Phi) is 7.24. The van der Waals surface area contributed by atoms with Crippen LogP contribution >= 0.6 is 0 Å². The molecular formula is C28H23N3O4. The molecule has 1 amide bonds. The van der Waals surface area contributed by atoms with E-state index in [9.17, 15) is 10.1 Å². The molecule has 1 aromatic heterocycles. The summed E-state index contributed by atoms with van der Waals surface area (Å²) >= 11 is 0. The molecule has 0 spiro atoms. The molecule has 0 bridgehead atoms. The SMILES string of the molecule is C=CCc1cc(/C=N/NC(=O)c2cc3ccccc3o2)cc(OC)c1OCc1ccccc1C#N. The molecule has 0 unspecified atom stereocenters. The number of nitriles is 1. The number of hydrogen-bond donors (Lipinski definition) is 1. The van der Waals surface area contributed by atoms with Crippen LogP contribution in [0.15, 0.2) is 88.9 Å². The summed E-state index contributed by atoms with van der Waals surface area (Å²) in [6, 6.07) is 22.1. The minimum atomic E-state index is -0.452. The number of carbonyl (C=O) groups is 1. The Morgan fingerprint density at radius 3 is 2.71 bits per heavy atom. The highest BCUT2D eigenvalue weighted by Gasteiger charge is 2.14. The van der Waals surface area contributed by atoms with E-state index in [1.165, 1.54) is 6.21 Å². The Morgan fingerprint density at radius 2 is 1.94 bits per heavy atom. The topological polar surface area (TPSA) is 96.8 Å². The van der Waals surface area contributed by atoms with Gasteiger partial charge in [0.15, 0.2) is 17.3 Å². The summed E-state index contributed by atoms with van der Waals surface area (Å²) in [7, 11) is 1.55. The van der Waals surface area contributed by atoms with Crippen LogP contribution in [0, 0.1) is 11.3 Å². The number of hydrazone groups is 1. The van der Waals surface area contributed by atoms with E-state index in [0.717, 1.165) is 16.5 Å². The second-order valence-corrected chi connectivity index (χ2v) is 7.61. The van der Waals surface area contributed by atoms with Crippen LogP contribution in [-0.4, -0.2) is 19.2 Å². The Morgan fingerprint density at radius 1 is 1.14 bits per heavy atom. The van der Waals surface area contributed by atoms with E-state index in [4.69, 9.17) is 13.9 Å². The third-order valence-electron chi connectivity index (χ3n) is 5.28. The van der Waals surface area contributed by atoms with Gasteiger partial charge in [-0.25, -0.2) is 5.43 Å². The lowest BCUT2D eigenvalue weighted by Crippen LogP contribution is -2.16. The van der Waals surface area contributed by atoms with Crippen LogP contribution in [0.25, 0.3) is 11.0 Å². The number of rotatable bonds is 9. The molecule has 4 aromatic rings. The third-order valence-corrected chi connectivity index (χ3v) is 5.28. The number of benzene rings is 3. The first-order chi connectivity index (χ1) is 17.1. The fourth-order valence-electron chi connectivity index (χ4n) is 3.60. The average molecular weight is 466 g/mol. The van der Waals surface area contributed by atoms with E-state index >= 15 is 0 Å². The van der Waals surface area contributed by atoms with Gasteiger partial charge in [-0.3, -0.25) is 4.79 Å². The maximum Gasteiger partial charge on any atom is 0.307 e. The number of ether oxygens (including phenoxy) is 2. The molecule has 0 radical (unpaired) electrons. The Bertz CT molecular complexity index is 1410. The number of fused-ring (bicyclic) bond motifs is 1. The smallest absolute Gasteiger partial charge is 0.307 e. The van der Waals surface area contributed by atoms with Gasteiger partial charge in [-0.05, 0) is 42.3 Å². The first-order valence-electron chi connectivity index (χ1n) is 10.9. The maximum absolute atomic E-state index is 12.4. The second-order valence-electron chi connectivity index (χ2n) is 7.61. The lowest BCUT2D eigenvalue weighted by molar-refractivity contribution is 0.0929. The van der Waals surface area contributed by atoms with Crippen molar-refractivity contribution in [2.45, 2.75) is 13.0 Å².